The van der Waals surface area contributed by atoms with Gasteiger partial charge in [0.1, 0.15) is 29.3 Å². The number of amides is 5. The van der Waals surface area contributed by atoms with Gasteiger partial charge in [-0.3, -0.25) is 19.3 Å². The van der Waals surface area contributed by atoms with Gasteiger partial charge < -0.3 is 30.7 Å². The number of hydrogen-bond acceptors (Lipinski definition) is 7. The molecule has 45 heavy (non-hydrogen) atoms. The first-order valence-corrected chi connectivity index (χ1v) is 16.4. The van der Waals surface area contributed by atoms with Crippen LogP contribution in [0.5, 0.6) is 0 Å². The number of primary amides is 1. The molecular weight excluding hydrogens is 646 g/mol. The summed E-state index contributed by atoms with van der Waals surface area (Å²) in [6.07, 6.45) is 5.68. The van der Waals surface area contributed by atoms with E-state index in [0.717, 1.165) is 34.9 Å². The zero-order valence-electron chi connectivity index (χ0n) is 26.0. The molecular formula is C32H42BrN5O7. The topological polar surface area (TPSA) is 160 Å². The number of fused-ring (bicyclic) bond motifs is 3. The lowest BCUT2D eigenvalue weighted by molar-refractivity contribution is -0.141. The summed E-state index contributed by atoms with van der Waals surface area (Å²) in [6, 6.07) is 3.77. The van der Waals surface area contributed by atoms with Crippen LogP contribution in [0.2, 0.25) is 0 Å². The highest BCUT2D eigenvalue weighted by atomic mass is 79.9. The van der Waals surface area contributed by atoms with Crippen molar-refractivity contribution >= 4 is 45.8 Å². The zero-order valence-corrected chi connectivity index (χ0v) is 27.6. The minimum atomic E-state index is -1.24. The normalized spacial score (nSPS) is 29.2. The lowest BCUT2D eigenvalue weighted by Crippen LogP contribution is -2.57. The Morgan fingerprint density at radius 3 is 2.62 bits per heavy atom. The third kappa shape index (κ3) is 7.45. The molecule has 1 saturated heterocycles. The molecule has 0 unspecified atom stereocenters. The van der Waals surface area contributed by atoms with Gasteiger partial charge in [0.15, 0.2) is 0 Å². The van der Waals surface area contributed by atoms with E-state index in [-0.39, 0.29) is 18.9 Å². The van der Waals surface area contributed by atoms with E-state index in [1.807, 2.05) is 30.4 Å². The Balaban J connectivity index is 1.37. The second kappa shape index (κ2) is 13.0. The molecule has 0 aromatic heterocycles. The molecule has 5 atom stereocenters. The quantitative estimate of drug-likeness (QED) is 0.409. The molecule has 2 fully saturated rings. The van der Waals surface area contributed by atoms with E-state index in [4.69, 9.17) is 15.2 Å². The standard InChI is InChI=1S/C32H42BrN5O7/c1-31(2,3)45-29(42)35-24-13-8-6-4-5-7-11-20-15-32(20,28(34)41)36-26(39)25-14-21(17-38(25)27(24)40)44-30(43)37-16-19-10-9-12-23(33)22(19)18-37/h7,9-12,20-21,24-25H,4-6,8,13-18H2,1-3H3,(H2,34,41)(H,35,42)(H,36,39)/b11-7-/t20-,21-,24+,25+,32-/m1/s1. The Hall–Kier alpha value is -3.61. The van der Waals surface area contributed by atoms with Gasteiger partial charge in [0.2, 0.25) is 17.7 Å². The number of carbonyl (C=O) groups is 5. The number of alkyl carbamates (subject to hydrolysis) is 1. The third-order valence-corrected chi connectivity index (χ3v) is 9.56. The number of allylic oxidation sites excluding steroid dienone is 1. The summed E-state index contributed by atoms with van der Waals surface area (Å²) in [6.45, 7) is 5.89. The lowest BCUT2D eigenvalue weighted by Gasteiger charge is -2.30. The molecule has 4 N–H and O–H groups in total. The summed E-state index contributed by atoms with van der Waals surface area (Å²) in [4.78, 5) is 69.4. The fraction of sp³-hybridized carbons (Fsp3) is 0.594. The van der Waals surface area contributed by atoms with Crippen LogP contribution in [0.15, 0.2) is 34.8 Å². The first-order valence-electron chi connectivity index (χ1n) is 15.6. The zero-order chi connectivity index (χ0) is 32.5. The third-order valence-electron chi connectivity index (χ3n) is 8.82. The number of rotatable bonds is 3. The summed E-state index contributed by atoms with van der Waals surface area (Å²) >= 11 is 3.54. The number of hydrogen-bond donors (Lipinski definition) is 3. The van der Waals surface area contributed by atoms with Crippen molar-refractivity contribution in [2.75, 3.05) is 6.54 Å². The van der Waals surface area contributed by atoms with Gasteiger partial charge in [-0.1, -0.05) is 53.1 Å². The maximum absolute atomic E-state index is 14.1. The van der Waals surface area contributed by atoms with Gasteiger partial charge in [0.05, 0.1) is 13.1 Å². The molecule has 0 radical (unpaired) electrons. The molecule has 1 saturated carbocycles. The van der Waals surface area contributed by atoms with Crippen molar-refractivity contribution in [3.05, 3.63) is 46.0 Å². The molecule has 5 amide bonds. The maximum Gasteiger partial charge on any atom is 0.410 e. The highest BCUT2D eigenvalue weighted by Crippen LogP contribution is 2.45. The largest absolute Gasteiger partial charge is 0.444 e. The predicted octanol–water partition coefficient (Wildman–Crippen LogP) is 3.64. The monoisotopic (exact) mass is 687 g/mol. The predicted molar refractivity (Wildman–Crippen MR) is 167 cm³/mol. The fourth-order valence-corrected chi connectivity index (χ4v) is 6.90. The lowest BCUT2D eigenvalue weighted by atomic mass is 10.0. The Kier molecular flexibility index (Phi) is 9.48. The van der Waals surface area contributed by atoms with Crippen LogP contribution in [0.1, 0.15) is 76.8 Å². The van der Waals surface area contributed by atoms with Crippen molar-refractivity contribution in [2.24, 2.45) is 11.7 Å². The first-order chi connectivity index (χ1) is 21.3. The van der Waals surface area contributed by atoms with Gasteiger partial charge in [-0.2, -0.15) is 0 Å². The minimum Gasteiger partial charge on any atom is -0.444 e. The molecule has 3 heterocycles. The second-order valence-electron chi connectivity index (χ2n) is 13.4. The molecule has 0 spiro atoms. The number of carbonyl (C=O) groups excluding carboxylic acids is 5. The van der Waals surface area contributed by atoms with E-state index in [1.165, 1.54) is 4.90 Å². The van der Waals surface area contributed by atoms with Crippen molar-refractivity contribution in [3.63, 3.8) is 0 Å². The molecule has 4 aliphatic rings. The summed E-state index contributed by atoms with van der Waals surface area (Å²) in [5, 5.41) is 5.55. The van der Waals surface area contributed by atoms with E-state index < -0.39 is 59.2 Å². The molecule has 1 aliphatic carbocycles. The highest BCUT2D eigenvalue weighted by Gasteiger charge is 2.60. The fourth-order valence-electron chi connectivity index (χ4n) is 6.37. The van der Waals surface area contributed by atoms with E-state index in [2.05, 4.69) is 26.6 Å². The summed E-state index contributed by atoms with van der Waals surface area (Å²) in [7, 11) is 0. The average Bonchev–Trinajstić information content (AvgIpc) is 3.27. The molecule has 12 nitrogen and oxygen atoms in total. The van der Waals surface area contributed by atoms with Crippen molar-refractivity contribution in [1.29, 1.82) is 0 Å². The molecule has 244 valence electrons. The number of benzene rings is 1. The van der Waals surface area contributed by atoms with E-state index in [1.54, 1.807) is 25.7 Å². The van der Waals surface area contributed by atoms with Gasteiger partial charge in [0, 0.05) is 23.4 Å². The highest BCUT2D eigenvalue weighted by molar-refractivity contribution is 9.10. The van der Waals surface area contributed by atoms with E-state index in [0.29, 0.717) is 32.4 Å². The molecule has 0 bridgehead atoms. The summed E-state index contributed by atoms with van der Waals surface area (Å²) < 4.78 is 12.2. The van der Waals surface area contributed by atoms with Crippen LogP contribution < -0.4 is 16.4 Å². The van der Waals surface area contributed by atoms with Gasteiger partial charge in [0.25, 0.3) is 0 Å². The maximum atomic E-state index is 14.1. The number of ether oxygens (including phenoxy) is 2. The SMILES string of the molecule is CC(C)(C)OC(=O)N[C@H]1CCCCC/C=C\[C@@H]2C[C@@]2(C(N)=O)NC(=O)[C@@H]2C[C@@H](OC(=O)N3Cc4cccc(Br)c4C3)CN2C1=O. The molecule has 13 heteroatoms. The van der Waals surface area contributed by atoms with Gasteiger partial charge in [-0.05, 0) is 63.6 Å². The van der Waals surface area contributed by atoms with Crippen molar-refractivity contribution in [1.82, 2.24) is 20.4 Å². The molecule has 1 aromatic carbocycles. The Morgan fingerprint density at radius 1 is 1.13 bits per heavy atom. The smallest absolute Gasteiger partial charge is 0.410 e. The minimum absolute atomic E-state index is 0.0301. The molecule has 5 rings (SSSR count). The van der Waals surface area contributed by atoms with Crippen molar-refractivity contribution in [3.8, 4) is 0 Å². The van der Waals surface area contributed by atoms with Crippen LogP contribution in [0.25, 0.3) is 0 Å². The molecule has 3 aliphatic heterocycles. The van der Waals surface area contributed by atoms with Crippen molar-refractivity contribution < 1.29 is 33.4 Å². The van der Waals surface area contributed by atoms with Gasteiger partial charge in [-0.15, -0.1) is 0 Å². The Morgan fingerprint density at radius 2 is 1.91 bits per heavy atom. The number of nitrogens with zero attached hydrogens (tertiary/aromatic N) is 2. The van der Waals surface area contributed by atoms with Crippen LogP contribution in [-0.2, 0) is 36.9 Å². The number of nitrogens with one attached hydrogen (secondary N) is 2. The van der Waals surface area contributed by atoms with Gasteiger partial charge >= 0.3 is 12.2 Å². The van der Waals surface area contributed by atoms with Crippen LogP contribution in [0, 0.1) is 5.92 Å². The first kappa shape index (κ1) is 32.8. The van der Waals surface area contributed by atoms with E-state index in [9.17, 15) is 24.0 Å². The second-order valence-corrected chi connectivity index (χ2v) is 14.2. The van der Waals surface area contributed by atoms with Crippen LogP contribution in [0.4, 0.5) is 9.59 Å². The number of nitrogens with two attached hydrogens (primary N) is 1. The van der Waals surface area contributed by atoms with Crippen LogP contribution in [0.3, 0.4) is 0 Å². The van der Waals surface area contributed by atoms with Gasteiger partial charge in [-0.25, -0.2) is 9.59 Å². The summed E-state index contributed by atoms with van der Waals surface area (Å²) in [5.41, 5.74) is 5.76. The van der Waals surface area contributed by atoms with Crippen molar-refractivity contribution in [2.45, 2.75) is 108 Å². The average molecular weight is 689 g/mol. The van der Waals surface area contributed by atoms with E-state index >= 15 is 0 Å². The molecule has 1 aromatic rings. The summed E-state index contributed by atoms with van der Waals surface area (Å²) in [5.74, 6) is -1.91. The number of halogens is 1. The van der Waals surface area contributed by atoms with Crippen LogP contribution >= 0.6 is 15.9 Å². The van der Waals surface area contributed by atoms with Crippen LogP contribution in [-0.4, -0.2) is 75.6 Å². The Labute approximate surface area is 271 Å². The Bertz CT molecular complexity index is 1390.